The number of carbonyl (C=O) groups excluding carboxylic acids is 1. The molecule has 1 heterocycles. The van der Waals surface area contributed by atoms with E-state index in [9.17, 15) is 4.79 Å². The molecule has 0 radical (unpaired) electrons. The molecule has 22 heavy (non-hydrogen) atoms. The lowest BCUT2D eigenvalue weighted by atomic mass is 9.90. The van der Waals surface area contributed by atoms with Crippen LogP contribution in [0.1, 0.15) is 46.5 Å². The minimum atomic E-state index is -0.498. The van der Waals surface area contributed by atoms with Crippen LogP contribution in [0.3, 0.4) is 0 Å². The number of hydrogen-bond donors (Lipinski definition) is 2. The Morgan fingerprint density at radius 2 is 1.95 bits per heavy atom. The molecule has 2 N–H and O–H groups in total. The van der Waals surface area contributed by atoms with E-state index in [0.717, 1.165) is 25.7 Å². The highest BCUT2D eigenvalue weighted by molar-refractivity contribution is 6.29. The molecular formula is C15H23ClN4O2. The third kappa shape index (κ3) is 5.33. The topological polar surface area (TPSA) is 76.1 Å². The number of rotatable bonds is 3. The molecule has 1 aromatic heterocycles. The average molecular weight is 327 g/mol. The van der Waals surface area contributed by atoms with Crippen molar-refractivity contribution in [1.29, 1.82) is 0 Å². The highest BCUT2D eigenvalue weighted by Gasteiger charge is 2.28. The highest BCUT2D eigenvalue weighted by Crippen LogP contribution is 2.22. The van der Waals surface area contributed by atoms with Crippen LogP contribution in [0, 0.1) is 0 Å². The van der Waals surface area contributed by atoms with Gasteiger partial charge in [0.25, 0.3) is 0 Å². The van der Waals surface area contributed by atoms with E-state index < -0.39 is 5.60 Å². The summed E-state index contributed by atoms with van der Waals surface area (Å²) < 4.78 is 5.33. The first-order valence-corrected chi connectivity index (χ1v) is 7.95. The third-order valence-corrected chi connectivity index (χ3v) is 3.64. The molecule has 2 atom stereocenters. The first-order valence-electron chi connectivity index (χ1n) is 7.57. The van der Waals surface area contributed by atoms with Crippen molar-refractivity contribution in [2.45, 2.75) is 64.1 Å². The predicted molar refractivity (Wildman–Crippen MR) is 86.1 cm³/mol. The van der Waals surface area contributed by atoms with E-state index in [2.05, 4.69) is 20.6 Å². The van der Waals surface area contributed by atoms with Gasteiger partial charge in [0.2, 0.25) is 0 Å². The van der Waals surface area contributed by atoms with Crippen LogP contribution < -0.4 is 10.6 Å². The van der Waals surface area contributed by atoms with Crippen LogP contribution in [0.2, 0.25) is 5.15 Å². The Morgan fingerprint density at radius 1 is 1.27 bits per heavy atom. The van der Waals surface area contributed by atoms with E-state index in [4.69, 9.17) is 16.3 Å². The lowest BCUT2D eigenvalue weighted by Crippen LogP contribution is -2.49. The van der Waals surface area contributed by atoms with Crippen molar-refractivity contribution in [2.24, 2.45) is 0 Å². The molecule has 1 aliphatic rings. The lowest BCUT2D eigenvalue weighted by Gasteiger charge is -2.33. The molecule has 0 bridgehead atoms. The molecule has 0 unspecified atom stereocenters. The Balaban J connectivity index is 1.97. The molecule has 7 heteroatoms. The fourth-order valence-corrected chi connectivity index (χ4v) is 2.68. The fourth-order valence-electron chi connectivity index (χ4n) is 2.54. The number of carbonyl (C=O) groups is 1. The van der Waals surface area contributed by atoms with Crippen molar-refractivity contribution in [3.63, 3.8) is 0 Å². The van der Waals surface area contributed by atoms with Gasteiger partial charge in [-0.3, -0.25) is 0 Å². The fraction of sp³-hybridized carbons (Fsp3) is 0.667. The summed E-state index contributed by atoms with van der Waals surface area (Å²) in [7, 11) is 0. The van der Waals surface area contributed by atoms with Gasteiger partial charge >= 0.3 is 6.09 Å². The molecule has 0 spiro atoms. The molecule has 1 aromatic rings. The average Bonchev–Trinajstić information content (AvgIpc) is 2.39. The van der Waals surface area contributed by atoms with Gasteiger partial charge in [0, 0.05) is 12.1 Å². The summed E-state index contributed by atoms with van der Waals surface area (Å²) in [6, 6.07) is 1.80. The zero-order valence-electron chi connectivity index (χ0n) is 13.2. The minimum absolute atomic E-state index is 0.0114. The molecule has 1 saturated carbocycles. The van der Waals surface area contributed by atoms with Crippen LogP contribution in [0.15, 0.2) is 12.4 Å². The molecule has 0 saturated heterocycles. The Labute approximate surface area is 136 Å². The smallest absolute Gasteiger partial charge is 0.407 e. The zero-order chi connectivity index (χ0) is 16.2. The molecule has 6 nitrogen and oxygen atoms in total. The summed E-state index contributed by atoms with van der Waals surface area (Å²) >= 11 is 5.88. The summed E-state index contributed by atoms with van der Waals surface area (Å²) in [5.41, 5.74) is -0.498. The van der Waals surface area contributed by atoms with Gasteiger partial charge in [0.15, 0.2) is 0 Å². The van der Waals surface area contributed by atoms with Crippen LogP contribution in [0.5, 0.6) is 0 Å². The van der Waals surface area contributed by atoms with Gasteiger partial charge in [0.05, 0.1) is 6.04 Å². The normalized spacial score (nSPS) is 22.0. The summed E-state index contributed by atoms with van der Waals surface area (Å²) in [6.45, 7) is 5.56. The molecule has 0 aromatic carbocycles. The molecule has 1 amide bonds. The third-order valence-electron chi connectivity index (χ3n) is 3.44. The maximum Gasteiger partial charge on any atom is 0.407 e. The van der Waals surface area contributed by atoms with Crippen LogP contribution in [-0.2, 0) is 4.74 Å². The van der Waals surface area contributed by atoms with Crippen LogP contribution in [-0.4, -0.2) is 33.7 Å². The zero-order valence-corrected chi connectivity index (χ0v) is 14.0. The lowest BCUT2D eigenvalue weighted by molar-refractivity contribution is 0.0488. The van der Waals surface area contributed by atoms with Crippen molar-refractivity contribution in [3.8, 4) is 0 Å². The summed E-state index contributed by atoms with van der Waals surface area (Å²) in [5, 5.41) is 6.69. The Hall–Kier alpha value is -1.56. The standard InChI is InChI=1S/C15H23ClN4O2/c1-15(2,3)22-14(21)20-11-7-5-4-6-10(11)19-13-8-12(16)17-9-18-13/h8-11H,4-7H2,1-3H3,(H,20,21)(H,17,18,19)/t10-,11-/m1/s1. The Bertz CT molecular complexity index is 519. The largest absolute Gasteiger partial charge is 0.444 e. The van der Waals surface area contributed by atoms with Crippen molar-refractivity contribution >= 4 is 23.5 Å². The minimum Gasteiger partial charge on any atom is -0.444 e. The van der Waals surface area contributed by atoms with Crippen molar-refractivity contribution in [2.75, 3.05) is 5.32 Å². The molecule has 122 valence electrons. The number of alkyl carbamates (subject to hydrolysis) is 1. The maximum absolute atomic E-state index is 12.0. The molecule has 1 aliphatic carbocycles. The Morgan fingerprint density at radius 3 is 2.59 bits per heavy atom. The summed E-state index contributed by atoms with van der Waals surface area (Å²) in [6.07, 6.45) is 5.11. The summed E-state index contributed by atoms with van der Waals surface area (Å²) in [4.78, 5) is 20.0. The SMILES string of the molecule is CC(C)(C)OC(=O)N[C@@H]1CCCC[C@H]1Nc1cc(Cl)ncn1. The number of nitrogens with zero attached hydrogens (tertiary/aromatic N) is 2. The van der Waals surface area contributed by atoms with E-state index in [1.165, 1.54) is 6.33 Å². The quantitative estimate of drug-likeness (QED) is 0.833. The monoisotopic (exact) mass is 326 g/mol. The van der Waals surface area contributed by atoms with Crippen LogP contribution >= 0.6 is 11.6 Å². The van der Waals surface area contributed by atoms with Crippen molar-refractivity contribution in [1.82, 2.24) is 15.3 Å². The van der Waals surface area contributed by atoms with E-state index in [1.807, 2.05) is 20.8 Å². The second-order valence-electron chi connectivity index (χ2n) is 6.51. The number of halogens is 1. The maximum atomic E-state index is 12.0. The molecule has 0 aliphatic heterocycles. The second kappa shape index (κ2) is 7.13. The summed E-state index contributed by atoms with van der Waals surface area (Å²) in [5.74, 6) is 0.669. The number of anilines is 1. The van der Waals surface area contributed by atoms with Gasteiger partial charge in [-0.05, 0) is 33.6 Å². The number of ether oxygens (including phenoxy) is 1. The first kappa shape index (κ1) is 16.8. The van der Waals surface area contributed by atoms with Crippen LogP contribution in [0.25, 0.3) is 0 Å². The van der Waals surface area contributed by atoms with Gasteiger partial charge in [-0.25, -0.2) is 14.8 Å². The van der Waals surface area contributed by atoms with E-state index in [1.54, 1.807) is 6.07 Å². The van der Waals surface area contributed by atoms with E-state index in [-0.39, 0.29) is 18.2 Å². The number of nitrogens with one attached hydrogen (secondary N) is 2. The highest BCUT2D eigenvalue weighted by atomic mass is 35.5. The van der Waals surface area contributed by atoms with E-state index in [0.29, 0.717) is 11.0 Å². The van der Waals surface area contributed by atoms with Crippen molar-refractivity contribution < 1.29 is 9.53 Å². The Kier molecular flexibility index (Phi) is 5.45. The van der Waals surface area contributed by atoms with Gasteiger partial charge in [-0.2, -0.15) is 0 Å². The molecule has 2 rings (SSSR count). The van der Waals surface area contributed by atoms with Crippen molar-refractivity contribution in [3.05, 3.63) is 17.5 Å². The van der Waals surface area contributed by atoms with Crippen LogP contribution in [0.4, 0.5) is 10.6 Å². The van der Waals surface area contributed by atoms with E-state index >= 15 is 0 Å². The molecule has 1 fully saturated rings. The van der Waals surface area contributed by atoms with Gasteiger partial charge < -0.3 is 15.4 Å². The number of amides is 1. The van der Waals surface area contributed by atoms with Gasteiger partial charge in [-0.15, -0.1) is 0 Å². The first-order chi connectivity index (χ1) is 10.3. The number of aromatic nitrogens is 2. The van der Waals surface area contributed by atoms with Gasteiger partial charge in [-0.1, -0.05) is 24.4 Å². The van der Waals surface area contributed by atoms with Gasteiger partial charge in [0.1, 0.15) is 22.9 Å². The molecular weight excluding hydrogens is 304 g/mol. The predicted octanol–water partition coefficient (Wildman–Crippen LogP) is 3.38. The second-order valence-corrected chi connectivity index (χ2v) is 6.90. The number of hydrogen-bond acceptors (Lipinski definition) is 5.